The average molecular weight is 283 g/mol. The summed E-state index contributed by atoms with van der Waals surface area (Å²) in [6.45, 7) is 9.68. The molecule has 1 aromatic rings. The molecule has 0 unspecified atom stereocenters. The van der Waals surface area contributed by atoms with Gasteiger partial charge in [-0.05, 0) is 45.2 Å². The molecule has 1 aliphatic heterocycles. The van der Waals surface area contributed by atoms with E-state index in [9.17, 15) is 0 Å². The number of rotatable bonds is 3. The average Bonchev–Trinajstić information content (AvgIpc) is 2.37. The first-order valence-electron chi connectivity index (χ1n) is 6.92. The van der Waals surface area contributed by atoms with Gasteiger partial charge in [0.15, 0.2) is 0 Å². The predicted molar refractivity (Wildman–Crippen MR) is 78.4 cm³/mol. The summed E-state index contributed by atoms with van der Waals surface area (Å²) >= 11 is 5.76. The minimum Gasteiger partial charge on any atom is -0.373 e. The Hall–Kier alpha value is -0.640. The summed E-state index contributed by atoms with van der Waals surface area (Å²) in [7, 11) is 0. The van der Waals surface area contributed by atoms with Crippen molar-refractivity contribution in [3.8, 4) is 0 Å². The summed E-state index contributed by atoms with van der Waals surface area (Å²) in [4.78, 5) is 6.59. The molecule has 2 rings (SSSR count). The number of likely N-dealkylation sites (tertiary alicyclic amines) is 1. The van der Waals surface area contributed by atoms with Gasteiger partial charge in [-0.3, -0.25) is 4.90 Å². The number of aromatic nitrogens is 1. The molecule has 0 aliphatic carbocycles. The van der Waals surface area contributed by atoms with Crippen LogP contribution in [-0.2, 0) is 11.3 Å². The van der Waals surface area contributed by atoms with Gasteiger partial charge < -0.3 is 4.74 Å². The van der Waals surface area contributed by atoms with Gasteiger partial charge in [0.25, 0.3) is 0 Å². The molecule has 4 heteroatoms. The summed E-state index contributed by atoms with van der Waals surface area (Å²) < 4.78 is 5.96. The van der Waals surface area contributed by atoms with Gasteiger partial charge in [0.05, 0.1) is 12.7 Å². The Labute approximate surface area is 120 Å². The highest BCUT2D eigenvalue weighted by Crippen LogP contribution is 2.22. The molecule has 0 N–H and O–H groups in total. The third-order valence-corrected chi connectivity index (χ3v) is 3.89. The molecule has 2 heterocycles. The first kappa shape index (κ1) is 14.8. The van der Waals surface area contributed by atoms with Crippen molar-refractivity contribution in [1.82, 2.24) is 9.88 Å². The minimum atomic E-state index is 0.269. The van der Waals surface area contributed by atoms with E-state index in [-0.39, 0.29) is 5.54 Å². The van der Waals surface area contributed by atoms with Gasteiger partial charge in [-0.15, -0.1) is 0 Å². The van der Waals surface area contributed by atoms with E-state index < -0.39 is 0 Å². The van der Waals surface area contributed by atoms with Crippen LogP contribution in [0.5, 0.6) is 0 Å². The fourth-order valence-electron chi connectivity index (χ4n) is 2.40. The second-order valence-electron chi connectivity index (χ2n) is 6.16. The maximum Gasteiger partial charge on any atom is 0.129 e. The van der Waals surface area contributed by atoms with Crippen LogP contribution >= 0.6 is 11.6 Å². The topological polar surface area (TPSA) is 25.4 Å². The molecule has 3 nitrogen and oxygen atoms in total. The van der Waals surface area contributed by atoms with Gasteiger partial charge in [-0.25, -0.2) is 4.98 Å². The quantitative estimate of drug-likeness (QED) is 0.793. The maximum absolute atomic E-state index is 5.96. The maximum atomic E-state index is 5.96. The van der Waals surface area contributed by atoms with Crippen molar-refractivity contribution in [2.75, 3.05) is 13.1 Å². The Balaban J connectivity index is 1.75. The van der Waals surface area contributed by atoms with Crippen LogP contribution in [0.1, 0.15) is 39.2 Å². The molecule has 106 valence electrons. The predicted octanol–water partition coefficient (Wildman–Crippen LogP) is 3.51. The zero-order valence-electron chi connectivity index (χ0n) is 12.0. The van der Waals surface area contributed by atoms with E-state index in [1.165, 1.54) is 0 Å². The zero-order chi connectivity index (χ0) is 13.9. The summed E-state index contributed by atoms with van der Waals surface area (Å²) in [5.41, 5.74) is 1.35. The molecule has 0 saturated carbocycles. The first-order chi connectivity index (χ1) is 8.95. The molecule has 19 heavy (non-hydrogen) atoms. The Kier molecular flexibility index (Phi) is 4.82. The number of piperidine rings is 1. The zero-order valence-corrected chi connectivity index (χ0v) is 12.8. The second kappa shape index (κ2) is 6.21. The van der Waals surface area contributed by atoms with Crippen LogP contribution in [0.3, 0.4) is 0 Å². The Bertz CT molecular complexity index is 392. The fourth-order valence-corrected chi connectivity index (χ4v) is 2.51. The molecule has 0 amide bonds. The Morgan fingerprint density at radius 3 is 2.53 bits per heavy atom. The largest absolute Gasteiger partial charge is 0.373 e. The SMILES string of the molecule is CC(C)(C)N1CCC(OCc2ccc(Cl)nc2)CC1. The van der Waals surface area contributed by atoms with Gasteiger partial charge >= 0.3 is 0 Å². The van der Waals surface area contributed by atoms with E-state index in [0.717, 1.165) is 31.5 Å². The third kappa shape index (κ3) is 4.44. The van der Waals surface area contributed by atoms with E-state index in [4.69, 9.17) is 16.3 Å². The molecule has 1 aliphatic rings. The summed E-state index contributed by atoms with van der Waals surface area (Å²) in [5.74, 6) is 0. The van der Waals surface area contributed by atoms with Gasteiger partial charge in [0, 0.05) is 24.8 Å². The smallest absolute Gasteiger partial charge is 0.129 e. The number of ether oxygens (including phenoxy) is 1. The standard InChI is InChI=1S/C15H23ClN2O/c1-15(2,3)18-8-6-13(7-9-18)19-11-12-4-5-14(16)17-10-12/h4-5,10,13H,6-9,11H2,1-3H3. The van der Waals surface area contributed by atoms with Crippen LogP contribution in [0.2, 0.25) is 5.15 Å². The highest BCUT2D eigenvalue weighted by molar-refractivity contribution is 6.29. The summed E-state index contributed by atoms with van der Waals surface area (Å²) in [5, 5.41) is 0.530. The van der Waals surface area contributed by atoms with Crippen molar-refractivity contribution in [3.63, 3.8) is 0 Å². The molecular formula is C15H23ClN2O. The molecule has 1 saturated heterocycles. The van der Waals surface area contributed by atoms with Crippen LogP contribution in [0.25, 0.3) is 0 Å². The number of hydrogen-bond acceptors (Lipinski definition) is 3. The van der Waals surface area contributed by atoms with Crippen molar-refractivity contribution < 1.29 is 4.74 Å². The minimum absolute atomic E-state index is 0.269. The van der Waals surface area contributed by atoms with E-state index in [2.05, 4.69) is 30.7 Å². The van der Waals surface area contributed by atoms with E-state index in [1.807, 2.05) is 12.1 Å². The molecule has 1 aromatic heterocycles. The highest BCUT2D eigenvalue weighted by Gasteiger charge is 2.27. The second-order valence-corrected chi connectivity index (χ2v) is 6.54. The Morgan fingerprint density at radius 1 is 1.32 bits per heavy atom. The van der Waals surface area contributed by atoms with Crippen molar-refractivity contribution in [2.45, 2.75) is 51.9 Å². The number of hydrogen-bond donors (Lipinski definition) is 0. The first-order valence-corrected chi connectivity index (χ1v) is 7.30. The van der Waals surface area contributed by atoms with Crippen LogP contribution in [0, 0.1) is 0 Å². The lowest BCUT2D eigenvalue weighted by Gasteiger charge is -2.40. The van der Waals surface area contributed by atoms with Crippen molar-refractivity contribution in [2.24, 2.45) is 0 Å². The summed E-state index contributed by atoms with van der Waals surface area (Å²) in [6.07, 6.45) is 4.37. The molecule has 0 radical (unpaired) electrons. The lowest BCUT2D eigenvalue weighted by atomic mass is 9.99. The van der Waals surface area contributed by atoms with Gasteiger partial charge in [0.2, 0.25) is 0 Å². The van der Waals surface area contributed by atoms with Crippen LogP contribution in [-0.4, -0.2) is 34.6 Å². The van der Waals surface area contributed by atoms with Crippen molar-refractivity contribution >= 4 is 11.6 Å². The van der Waals surface area contributed by atoms with Gasteiger partial charge in [0.1, 0.15) is 5.15 Å². The van der Waals surface area contributed by atoms with E-state index in [0.29, 0.717) is 17.9 Å². The third-order valence-electron chi connectivity index (χ3n) is 3.67. The number of pyridine rings is 1. The van der Waals surface area contributed by atoms with Crippen molar-refractivity contribution in [3.05, 3.63) is 29.0 Å². The van der Waals surface area contributed by atoms with Gasteiger partial charge in [-0.2, -0.15) is 0 Å². The lowest BCUT2D eigenvalue weighted by molar-refractivity contribution is -0.0209. The molecule has 0 atom stereocenters. The van der Waals surface area contributed by atoms with Crippen LogP contribution < -0.4 is 0 Å². The van der Waals surface area contributed by atoms with Crippen LogP contribution in [0.4, 0.5) is 0 Å². The Morgan fingerprint density at radius 2 is 2.00 bits per heavy atom. The lowest BCUT2D eigenvalue weighted by Crippen LogP contribution is -2.47. The number of halogens is 1. The molecule has 1 fully saturated rings. The molecule has 0 aromatic carbocycles. The van der Waals surface area contributed by atoms with E-state index >= 15 is 0 Å². The molecular weight excluding hydrogens is 260 g/mol. The van der Waals surface area contributed by atoms with Crippen LogP contribution in [0.15, 0.2) is 18.3 Å². The number of nitrogens with zero attached hydrogens (tertiary/aromatic N) is 2. The summed E-state index contributed by atoms with van der Waals surface area (Å²) in [6, 6.07) is 3.78. The van der Waals surface area contributed by atoms with E-state index in [1.54, 1.807) is 6.20 Å². The molecule has 0 spiro atoms. The normalized spacial score (nSPS) is 18.7. The van der Waals surface area contributed by atoms with Gasteiger partial charge in [-0.1, -0.05) is 17.7 Å². The fraction of sp³-hybridized carbons (Fsp3) is 0.667. The molecule has 0 bridgehead atoms. The highest BCUT2D eigenvalue weighted by atomic mass is 35.5. The van der Waals surface area contributed by atoms with Crippen molar-refractivity contribution in [1.29, 1.82) is 0 Å². The monoisotopic (exact) mass is 282 g/mol.